The average Bonchev–Trinajstić information content (AvgIpc) is 2.43. The molecule has 0 aliphatic heterocycles. The van der Waals surface area contributed by atoms with Gasteiger partial charge in [0.15, 0.2) is 0 Å². The zero-order valence-electron chi connectivity index (χ0n) is 9.93. The molecule has 0 atom stereocenters. The minimum Gasteiger partial charge on any atom is -0.461 e. The quantitative estimate of drug-likeness (QED) is 0.670. The van der Waals surface area contributed by atoms with Gasteiger partial charge < -0.3 is 4.74 Å². The Hall–Kier alpha value is -1.74. The number of hydrogen-bond acceptors (Lipinski definition) is 3. The van der Waals surface area contributed by atoms with E-state index in [1.54, 1.807) is 12.1 Å². The van der Waals surface area contributed by atoms with E-state index in [4.69, 9.17) is 4.74 Å². The van der Waals surface area contributed by atoms with Crippen molar-refractivity contribution in [1.29, 1.82) is 0 Å². The fourth-order valence-corrected chi connectivity index (χ4v) is 2.00. The van der Waals surface area contributed by atoms with Crippen molar-refractivity contribution < 1.29 is 9.53 Å². The van der Waals surface area contributed by atoms with Gasteiger partial charge in [-0.2, -0.15) is 12.6 Å². The molecule has 0 aliphatic carbocycles. The minimum absolute atomic E-state index is 0.309. The summed E-state index contributed by atoms with van der Waals surface area (Å²) in [7, 11) is 0. The molecular formula is C15H14O2S. The third-order valence-electron chi connectivity index (χ3n) is 2.72. The van der Waals surface area contributed by atoms with Gasteiger partial charge in [0.1, 0.15) is 6.61 Å². The van der Waals surface area contributed by atoms with Crippen LogP contribution in [0.5, 0.6) is 0 Å². The summed E-state index contributed by atoms with van der Waals surface area (Å²) < 4.78 is 5.12. The Morgan fingerprint density at radius 3 is 2.67 bits per heavy atom. The Bertz CT molecular complexity index is 590. The first-order valence-electron chi connectivity index (χ1n) is 5.70. The van der Waals surface area contributed by atoms with Gasteiger partial charge in [-0.3, -0.25) is 0 Å². The zero-order chi connectivity index (χ0) is 13.0. The van der Waals surface area contributed by atoms with Crippen molar-refractivity contribution in [2.24, 2.45) is 0 Å². The van der Waals surface area contributed by atoms with E-state index in [9.17, 15) is 4.79 Å². The number of ether oxygens (including phenoxy) is 1. The molecule has 2 rings (SSSR count). The van der Waals surface area contributed by atoms with Gasteiger partial charge in [-0.1, -0.05) is 43.0 Å². The molecule has 2 nitrogen and oxygen atoms in total. The van der Waals surface area contributed by atoms with Crippen LogP contribution in [0.25, 0.3) is 16.8 Å². The first kappa shape index (κ1) is 12.7. The molecule has 0 bridgehead atoms. The Kier molecular flexibility index (Phi) is 4.05. The lowest BCUT2D eigenvalue weighted by Crippen LogP contribution is -2.07. The summed E-state index contributed by atoms with van der Waals surface area (Å²) in [6.07, 6.45) is 1.78. The van der Waals surface area contributed by atoms with Crippen LogP contribution in [0.3, 0.4) is 0 Å². The molecule has 3 heteroatoms. The van der Waals surface area contributed by atoms with Crippen molar-refractivity contribution >= 4 is 35.4 Å². The zero-order valence-corrected chi connectivity index (χ0v) is 10.8. The topological polar surface area (TPSA) is 26.3 Å². The second-order valence-electron chi connectivity index (χ2n) is 3.81. The highest BCUT2D eigenvalue weighted by atomic mass is 32.1. The first-order valence-corrected chi connectivity index (χ1v) is 6.33. The number of esters is 1. The predicted octanol–water partition coefficient (Wildman–Crippen LogP) is 3.57. The van der Waals surface area contributed by atoms with E-state index in [-0.39, 0.29) is 5.97 Å². The van der Waals surface area contributed by atoms with Crippen LogP contribution in [0.4, 0.5) is 0 Å². The molecule has 2 aromatic rings. The van der Waals surface area contributed by atoms with E-state index in [1.807, 2.05) is 30.3 Å². The second kappa shape index (κ2) is 5.74. The van der Waals surface area contributed by atoms with Crippen LogP contribution in [0.15, 0.2) is 43.0 Å². The number of fused-ring (bicyclic) bond motifs is 1. The Labute approximate surface area is 112 Å². The highest BCUT2D eigenvalue weighted by Crippen LogP contribution is 2.23. The van der Waals surface area contributed by atoms with Crippen molar-refractivity contribution in [3.63, 3.8) is 0 Å². The molecule has 92 valence electrons. The summed E-state index contributed by atoms with van der Waals surface area (Å²) in [6.45, 7) is 4.10. The fraction of sp³-hybridized carbons (Fsp3) is 0.133. The maximum Gasteiger partial charge on any atom is 0.338 e. The summed E-state index contributed by atoms with van der Waals surface area (Å²) in [5.41, 5.74) is 1.59. The minimum atomic E-state index is -0.309. The normalized spacial score (nSPS) is 10.3. The molecule has 0 amide bonds. The van der Waals surface area contributed by atoms with E-state index in [0.717, 1.165) is 16.3 Å². The molecule has 18 heavy (non-hydrogen) atoms. The molecule has 0 unspecified atom stereocenters. The molecule has 0 aromatic heterocycles. The van der Waals surface area contributed by atoms with Crippen LogP contribution in [-0.4, -0.2) is 18.3 Å². The van der Waals surface area contributed by atoms with E-state index in [1.165, 1.54) is 0 Å². The van der Waals surface area contributed by atoms with E-state index < -0.39 is 0 Å². The van der Waals surface area contributed by atoms with Crippen molar-refractivity contribution in [2.45, 2.75) is 0 Å². The third kappa shape index (κ3) is 2.41. The summed E-state index contributed by atoms with van der Waals surface area (Å²) in [4.78, 5) is 11.9. The van der Waals surface area contributed by atoms with Gasteiger partial charge in [0.2, 0.25) is 0 Å². The van der Waals surface area contributed by atoms with Crippen LogP contribution < -0.4 is 0 Å². The van der Waals surface area contributed by atoms with Gasteiger partial charge >= 0.3 is 5.97 Å². The third-order valence-corrected chi connectivity index (χ3v) is 2.90. The largest absolute Gasteiger partial charge is 0.461 e. The monoisotopic (exact) mass is 258 g/mol. The summed E-state index contributed by atoms with van der Waals surface area (Å²) in [5.74, 6) is 0.213. The Balaban J connectivity index is 2.52. The van der Waals surface area contributed by atoms with Crippen LogP contribution in [0.1, 0.15) is 15.9 Å². The number of carbonyl (C=O) groups excluding carboxylic acids is 1. The molecule has 0 radical (unpaired) electrons. The standard InChI is InChI=1S/C15H14O2S/c1-2-11-5-3-7-13-12(11)6-4-8-14(13)15(16)17-9-10-18/h2-8,18H,1,9-10H2. The van der Waals surface area contributed by atoms with Crippen LogP contribution in [0, 0.1) is 0 Å². The highest BCUT2D eigenvalue weighted by Gasteiger charge is 2.11. The lowest BCUT2D eigenvalue weighted by molar-refractivity contribution is 0.0533. The van der Waals surface area contributed by atoms with Gasteiger partial charge in [-0.25, -0.2) is 4.79 Å². The molecule has 0 N–H and O–H groups in total. The van der Waals surface area contributed by atoms with Crippen molar-refractivity contribution in [2.75, 3.05) is 12.4 Å². The van der Waals surface area contributed by atoms with Gasteiger partial charge in [0.25, 0.3) is 0 Å². The fourth-order valence-electron chi connectivity index (χ4n) is 1.91. The van der Waals surface area contributed by atoms with E-state index in [2.05, 4.69) is 19.2 Å². The van der Waals surface area contributed by atoms with E-state index >= 15 is 0 Å². The smallest absolute Gasteiger partial charge is 0.338 e. The molecule has 0 fully saturated rings. The Morgan fingerprint density at radius 1 is 1.22 bits per heavy atom. The average molecular weight is 258 g/mol. The van der Waals surface area contributed by atoms with Gasteiger partial charge in [-0.15, -0.1) is 0 Å². The lowest BCUT2D eigenvalue weighted by Gasteiger charge is -2.08. The predicted molar refractivity (Wildman–Crippen MR) is 78.2 cm³/mol. The molecule has 2 aromatic carbocycles. The molecule has 0 aliphatic rings. The maximum absolute atomic E-state index is 11.9. The lowest BCUT2D eigenvalue weighted by atomic mass is 10.0. The maximum atomic E-state index is 11.9. The molecule has 0 spiro atoms. The second-order valence-corrected chi connectivity index (χ2v) is 4.26. The van der Waals surface area contributed by atoms with Gasteiger partial charge in [0.05, 0.1) is 5.56 Å². The summed E-state index contributed by atoms with van der Waals surface area (Å²) in [6, 6.07) is 11.4. The summed E-state index contributed by atoms with van der Waals surface area (Å²) >= 11 is 4.02. The number of carbonyl (C=O) groups is 1. The number of hydrogen-bond donors (Lipinski definition) is 1. The van der Waals surface area contributed by atoms with Crippen molar-refractivity contribution in [3.8, 4) is 0 Å². The number of rotatable bonds is 4. The summed E-state index contributed by atoms with van der Waals surface area (Å²) in [5, 5.41) is 1.90. The van der Waals surface area contributed by atoms with E-state index in [0.29, 0.717) is 17.9 Å². The number of benzene rings is 2. The molecule has 0 saturated heterocycles. The van der Waals surface area contributed by atoms with Crippen molar-refractivity contribution in [3.05, 3.63) is 54.1 Å². The Morgan fingerprint density at radius 2 is 1.94 bits per heavy atom. The molecular weight excluding hydrogens is 244 g/mol. The van der Waals surface area contributed by atoms with Crippen LogP contribution in [-0.2, 0) is 4.74 Å². The van der Waals surface area contributed by atoms with Gasteiger partial charge in [-0.05, 0) is 22.4 Å². The van der Waals surface area contributed by atoms with Crippen LogP contribution >= 0.6 is 12.6 Å². The van der Waals surface area contributed by atoms with Gasteiger partial charge in [0, 0.05) is 5.75 Å². The van der Waals surface area contributed by atoms with Crippen LogP contribution in [0.2, 0.25) is 0 Å². The van der Waals surface area contributed by atoms with Crippen molar-refractivity contribution in [1.82, 2.24) is 0 Å². The highest BCUT2D eigenvalue weighted by molar-refractivity contribution is 7.80. The molecule has 0 saturated carbocycles. The first-order chi connectivity index (χ1) is 8.77. The molecule has 0 heterocycles. The SMILES string of the molecule is C=Cc1cccc2c(C(=O)OCCS)cccc12. The number of thiol groups is 1.